The first-order valence-corrected chi connectivity index (χ1v) is 5.51. The number of terminal acetylenes is 1. The molecular formula is C10H14N4S. The van der Waals surface area contributed by atoms with E-state index in [1.807, 2.05) is 11.6 Å². The van der Waals surface area contributed by atoms with Gasteiger partial charge in [0.15, 0.2) is 5.96 Å². The molecule has 1 aromatic heterocycles. The minimum absolute atomic E-state index is 0.483. The lowest BCUT2D eigenvalue weighted by atomic mass is 10.4. The fraction of sp³-hybridized carbons (Fsp3) is 0.400. The topological polar surface area (TPSA) is 49.3 Å². The van der Waals surface area contributed by atoms with Crippen LogP contribution in [0.4, 0.5) is 0 Å². The largest absolute Gasteiger partial charge is 0.356 e. The van der Waals surface area contributed by atoms with E-state index >= 15 is 0 Å². The van der Waals surface area contributed by atoms with Crippen LogP contribution < -0.4 is 10.6 Å². The number of hydrogen-bond donors (Lipinski definition) is 2. The Morgan fingerprint density at radius 3 is 3.13 bits per heavy atom. The molecule has 15 heavy (non-hydrogen) atoms. The summed E-state index contributed by atoms with van der Waals surface area (Å²) >= 11 is 1.66. The Labute approximate surface area is 93.8 Å². The lowest BCUT2D eigenvalue weighted by molar-refractivity contribution is 0.820. The molecule has 0 amide bonds. The molecule has 0 atom stereocenters. The van der Waals surface area contributed by atoms with E-state index in [0.717, 1.165) is 23.9 Å². The molecule has 0 aliphatic rings. The zero-order chi connectivity index (χ0) is 10.9. The van der Waals surface area contributed by atoms with Gasteiger partial charge in [0, 0.05) is 31.6 Å². The van der Waals surface area contributed by atoms with E-state index in [1.165, 1.54) is 0 Å². The first-order valence-electron chi connectivity index (χ1n) is 4.63. The summed E-state index contributed by atoms with van der Waals surface area (Å²) in [4.78, 5) is 8.21. The molecule has 2 N–H and O–H groups in total. The maximum absolute atomic E-state index is 5.13. The zero-order valence-electron chi connectivity index (χ0n) is 8.66. The number of aliphatic imine (C=N–C) groups is 1. The van der Waals surface area contributed by atoms with Gasteiger partial charge in [-0.2, -0.15) is 0 Å². The van der Waals surface area contributed by atoms with Gasteiger partial charge in [0.1, 0.15) is 0 Å². The van der Waals surface area contributed by atoms with Crippen LogP contribution in [0.2, 0.25) is 0 Å². The fourth-order valence-electron chi connectivity index (χ4n) is 1.02. The maximum Gasteiger partial charge on any atom is 0.191 e. The van der Waals surface area contributed by atoms with Crippen molar-refractivity contribution in [3.63, 3.8) is 0 Å². The monoisotopic (exact) mass is 222 g/mol. The normalized spacial score (nSPS) is 10.8. The van der Waals surface area contributed by atoms with Gasteiger partial charge in [0.25, 0.3) is 0 Å². The molecule has 0 radical (unpaired) electrons. The Balaban J connectivity index is 2.21. The van der Waals surface area contributed by atoms with Crippen LogP contribution in [0.1, 0.15) is 5.01 Å². The first-order chi connectivity index (χ1) is 7.36. The molecule has 0 unspecified atom stereocenters. The Hall–Kier alpha value is -1.54. The molecule has 4 nitrogen and oxygen atoms in total. The molecule has 0 spiro atoms. The molecule has 0 aromatic carbocycles. The zero-order valence-corrected chi connectivity index (χ0v) is 9.47. The highest BCUT2D eigenvalue weighted by molar-refractivity contribution is 7.09. The van der Waals surface area contributed by atoms with Crippen molar-refractivity contribution in [2.45, 2.75) is 6.42 Å². The summed E-state index contributed by atoms with van der Waals surface area (Å²) in [6, 6.07) is 0. The Morgan fingerprint density at radius 1 is 1.67 bits per heavy atom. The van der Waals surface area contributed by atoms with Crippen LogP contribution in [0.15, 0.2) is 16.6 Å². The summed E-state index contributed by atoms with van der Waals surface area (Å²) < 4.78 is 0. The Morgan fingerprint density at radius 2 is 2.53 bits per heavy atom. The quantitative estimate of drug-likeness (QED) is 0.443. The van der Waals surface area contributed by atoms with Crippen molar-refractivity contribution < 1.29 is 0 Å². The summed E-state index contributed by atoms with van der Waals surface area (Å²) in [7, 11) is 1.72. The standard InChI is InChI=1S/C10H14N4S/c1-3-5-13-10(11-2)14-6-4-9-12-7-8-15-9/h1,7-8H,4-6H2,2H3,(H2,11,13,14). The van der Waals surface area contributed by atoms with Gasteiger partial charge in [-0.05, 0) is 0 Å². The van der Waals surface area contributed by atoms with Gasteiger partial charge in [0.05, 0.1) is 11.6 Å². The average Bonchev–Trinajstić information content (AvgIpc) is 2.76. The Kier molecular flexibility index (Phi) is 5.26. The molecule has 0 saturated carbocycles. The number of nitrogens with one attached hydrogen (secondary N) is 2. The minimum atomic E-state index is 0.483. The molecule has 0 aliphatic carbocycles. The summed E-state index contributed by atoms with van der Waals surface area (Å²) in [6.45, 7) is 1.29. The summed E-state index contributed by atoms with van der Waals surface area (Å²) in [6.07, 6.45) is 7.84. The molecule has 0 fully saturated rings. The van der Waals surface area contributed by atoms with E-state index in [0.29, 0.717) is 6.54 Å². The van der Waals surface area contributed by atoms with Crippen molar-refractivity contribution in [1.29, 1.82) is 0 Å². The summed E-state index contributed by atoms with van der Waals surface area (Å²) in [5, 5.41) is 9.23. The van der Waals surface area contributed by atoms with E-state index in [9.17, 15) is 0 Å². The number of nitrogens with zero attached hydrogens (tertiary/aromatic N) is 2. The number of thiazole rings is 1. The number of guanidine groups is 1. The molecule has 5 heteroatoms. The van der Waals surface area contributed by atoms with Crippen LogP contribution in [0.25, 0.3) is 0 Å². The third-order valence-corrected chi connectivity index (χ3v) is 2.54. The van der Waals surface area contributed by atoms with Crippen LogP contribution in [0, 0.1) is 12.3 Å². The number of aromatic nitrogens is 1. The third kappa shape index (κ3) is 4.47. The molecule has 80 valence electrons. The summed E-state index contributed by atoms with van der Waals surface area (Å²) in [5.41, 5.74) is 0. The second kappa shape index (κ2) is 6.85. The minimum Gasteiger partial charge on any atom is -0.356 e. The SMILES string of the molecule is C#CCNC(=NC)NCCc1nccs1. The van der Waals surface area contributed by atoms with Gasteiger partial charge in [0.2, 0.25) is 0 Å². The van der Waals surface area contributed by atoms with E-state index in [1.54, 1.807) is 18.4 Å². The maximum atomic E-state index is 5.13. The van der Waals surface area contributed by atoms with Crippen molar-refractivity contribution in [2.75, 3.05) is 20.1 Å². The predicted octanol–water partition coefficient (Wildman–Crippen LogP) is 0.484. The lowest BCUT2D eigenvalue weighted by Crippen LogP contribution is -2.38. The van der Waals surface area contributed by atoms with Gasteiger partial charge >= 0.3 is 0 Å². The second-order valence-electron chi connectivity index (χ2n) is 2.73. The molecule has 1 aromatic rings. The van der Waals surface area contributed by atoms with Crippen molar-refractivity contribution in [3.8, 4) is 12.3 Å². The molecule has 0 bridgehead atoms. The van der Waals surface area contributed by atoms with E-state index in [-0.39, 0.29) is 0 Å². The van der Waals surface area contributed by atoms with Crippen molar-refractivity contribution >= 4 is 17.3 Å². The average molecular weight is 222 g/mol. The first kappa shape index (κ1) is 11.5. The molecule has 0 aliphatic heterocycles. The predicted molar refractivity (Wildman–Crippen MR) is 64.0 cm³/mol. The lowest BCUT2D eigenvalue weighted by Gasteiger charge is -2.08. The van der Waals surface area contributed by atoms with E-state index in [4.69, 9.17) is 6.42 Å². The van der Waals surface area contributed by atoms with Gasteiger partial charge in [-0.25, -0.2) is 4.98 Å². The highest BCUT2D eigenvalue weighted by atomic mass is 32.1. The molecule has 1 heterocycles. The van der Waals surface area contributed by atoms with Gasteiger partial charge < -0.3 is 10.6 Å². The molecule has 0 saturated heterocycles. The van der Waals surface area contributed by atoms with Crippen molar-refractivity contribution in [3.05, 3.63) is 16.6 Å². The van der Waals surface area contributed by atoms with Crippen LogP contribution >= 0.6 is 11.3 Å². The van der Waals surface area contributed by atoms with Gasteiger partial charge in [-0.1, -0.05) is 5.92 Å². The van der Waals surface area contributed by atoms with Crippen molar-refractivity contribution in [2.24, 2.45) is 4.99 Å². The van der Waals surface area contributed by atoms with Gasteiger partial charge in [-0.15, -0.1) is 17.8 Å². The molecule has 1 rings (SSSR count). The van der Waals surface area contributed by atoms with Crippen molar-refractivity contribution in [1.82, 2.24) is 15.6 Å². The van der Waals surface area contributed by atoms with Crippen LogP contribution in [-0.4, -0.2) is 31.1 Å². The third-order valence-electron chi connectivity index (χ3n) is 1.70. The highest BCUT2D eigenvalue weighted by Gasteiger charge is 1.97. The Bertz CT molecular complexity index is 337. The number of rotatable bonds is 4. The second-order valence-corrected chi connectivity index (χ2v) is 3.71. The highest BCUT2D eigenvalue weighted by Crippen LogP contribution is 2.03. The summed E-state index contributed by atoms with van der Waals surface area (Å²) in [5.74, 6) is 3.22. The van der Waals surface area contributed by atoms with Gasteiger partial charge in [-0.3, -0.25) is 4.99 Å². The fourth-order valence-corrected chi connectivity index (χ4v) is 1.64. The van der Waals surface area contributed by atoms with Crippen LogP contribution in [0.5, 0.6) is 0 Å². The van der Waals surface area contributed by atoms with E-state index < -0.39 is 0 Å². The van der Waals surface area contributed by atoms with E-state index in [2.05, 4.69) is 26.5 Å². The van der Waals surface area contributed by atoms with Crippen LogP contribution in [0.3, 0.4) is 0 Å². The molecular weight excluding hydrogens is 208 g/mol. The van der Waals surface area contributed by atoms with Crippen LogP contribution in [-0.2, 0) is 6.42 Å². The number of hydrogen-bond acceptors (Lipinski definition) is 3. The smallest absolute Gasteiger partial charge is 0.191 e.